The van der Waals surface area contributed by atoms with E-state index in [9.17, 15) is 22.4 Å². The summed E-state index contributed by atoms with van der Waals surface area (Å²) in [5, 5.41) is 2.85. The zero-order chi connectivity index (χ0) is 26.3. The molecule has 36 heavy (non-hydrogen) atoms. The zero-order valence-corrected chi connectivity index (χ0v) is 21.5. The number of rotatable bonds is 10. The maximum Gasteiger partial charge on any atom is 0.264 e. The minimum absolute atomic E-state index is 0.00111. The average Bonchev–Trinajstić information content (AvgIpc) is 2.88. The van der Waals surface area contributed by atoms with Crippen LogP contribution in [0.4, 0.5) is 10.1 Å². The molecule has 3 rings (SSSR count). The SMILES string of the molecule is CC[C@H](C(=O)NC)N(Cc1ccc(F)cc1)C(=O)CN(c1cccc(Cl)c1)S(=O)(=O)c1ccccc1. The fraction of sp³-hybridized carbons (Fsp3) is 0.231. The van der Waals surface area contributed by atoms with E-state index in [0.717, 1.165) is 4.31 Å². The number of benzene rings is 3. The fourth-order valence-electron chi connectivity index (χ4n) is 3.75. The Bertz CT molecular complexity index is 1300. The van der Waals surface area contributed by atoms with E-state index in [1.165, 1.54) is 54.4 Å². The standard InChI is InChI=1S/C26H27ClFN3O4S/c1-3-24(26(33)29-2)30(17-19-12-14-21(28)15-13-19)25(32)18-31(22-9-7-8-20(27)16-22)36(34,35)23-10-5-4-6-11-23/h4-16,24H,3,17-18H2,1-2H3,(H,29,33)/t24-/m1/s1. The van der Waals surface area contributed by atoms with Crippen molar-refractivity contribution in [1.29, 1.82) is 0 Å². The van der Waals surface area contributed by atoms with E-state index in [-0.39, 0.29) is 23.5 Å². The van der Waals surface area contributed by atoms with Gasteiger partial charge in [0, 0.05) is 18.6 Å². The van der Waals surface area contributed by atoms with Gasteiger partial charge in [0.25, 0.3) is 10.0 Å². The van der Waals surface area contributed by atoms with Crippen LogP contribution in [0.15, 0.2) is 83.8 Å². The first-order valence-electron chi connectivity index (χ1n) is 11.3. The van der Waals surface area contributed by atoms with Gasteiger partial charge in [-0.05, 0) is 54.4 Å². The Labute approximate surface area is 215 Å². The van der Waals surface area contributed by atoms with Gasteiger partial charge in [-0.25, -0.2) is 12.8 Å². The van der Waals surface area contributed by atoms with Crippen molar-refractivity contribution in [2.24, 2.45) is 0 Å². The summed E-state index contributed by atoms with van der Waals surface area (Å²) in [5.74, 6) is -1.43. The Hall–Kier alpha value is -3.43. The van der Waals surface area contributed by atoms with Crippen LogP contribution < -0.4 is 9.62 Å². The number of sulfonamides is 1. The Morgan fingerprint density at radius 3 is 2.25 bits per heavy atom. The highest BCUT2D eigenvalue weighted by Crippen LogP contribution is 2.27. The number of amides is 2. The molecule has 0 aromatic heterocycles. The molecule has 2 amide bonds. The van der Waals surface area contributed by atoms with Gasteiger partial charge in [0.15, 0.2) is 0 Å². The quantitative estimate of drug-likeness (QED) is 0.424. The van der Waals surface area contributed by atoms with E-state index < -0.39 is 40.2 Å². The smallest absolute Gasteiger partial charge is 0.264 e. The summed E-state index contributed by atoms with van der Waals surface area (Å²) in [7, 11) is -2.70. The molecule has 0 saturated heterocycles. The molecule has 0 aliphatic rings. The first kappa shape index (κ1) is 27.2. The van der Waals surface area contributed by atoms with Gasteiger partial charge in [-0.1, -0.05) is 54.9 Å². The number of anilines is 1. The van der Waals surface area contributed by atoms with Crippen LogP contribution in [-0.2, 0) is 26.2 Å². The third kappa shape index (κ3) is 6.41. The van der Waals surface area contributed by atoms with E-state index in [2.05, 4.69) is 5.32 Å². The largest absolute Gasteiger partial charge is 0.357 e. The number of nitrogens with one attached hydrogen (secondary N) is 1. The van der Waals surface area contributed by atoms with Crippen molar-refractivity contribution in [2.75, 3.05) is 17.9 Å². The van der Waals surface area contributed by atoms with Crippen molar-refractivity contribution in [3.05, 3.63) is 95.3 Å². The van der Waals surface area contributed by atoms with E-state index in [4.69, 9.17) is 11.6 Å². The van der Waals surface area contributed by atoms with Crippen LogP contribution >= 0.6 is 11.6 Å². The molecule has 1 atom stereocenters. The van der Waals surface area contributed by atoms with Crippen LogP contribution in [0.2, 0.25) is 5.02 Å². The van der Waals surface area contributed by atoms with Crippen LogP contribution in [0.25, 0.3) is 0 Å². The third-order valence-electron chi connectivity index (χ3n) is 5.60. The van der Waals surface area contributed by atoms with Crippen molar-refractivity contribution in [1.82, 2.24) is 10.2 Å². The molecule has 0 heterocycles. The Kier molecular flexibility index (Phi) is 9.06. The summed E-state index contributed by atoms with van der Waals surface area (Å²) >= 11 is 6.14. The molecule has 0 fully saturated rings. The number of hydrogen-bond acceptors (Lipinski definition) is 4. The lowest BCUT2D eigenvalue weighted by Gasteiger charge is -2.33. The summed E-state index contributed by atoms with van der Waals surface area (Å²) in [6.45, 7) is 1.16. The van der Waals surface area contributed by atoms with Crippen molar-refractivity contribution < 1.29 is 22.4 Å². The second-order valence-corrected chi connectivity index (χ2v) is 10.3. The first-order valence-corrected chi connectivity index (χ1v) is 13.1. The number of carbonyl (C=O) groups is 2. The number of carbonyl (C=O) groups excluding carboxylic acids is 2. The van der Waals surface area contributed by atoms with E-state index in [1.54, 1.807) is 43.3 Å². The molecule has 0 saturated carbocycles. The Morgan fingerprint density at radius 1 is 1.00 bits per heavy atom. The predicted molar refractivity (Wildman–Crippen MR) is 138 cm³/mol. The second-order valence-electron chi connectivity index (χ2n) is 7.99. The molecule has 0 aliphatic heterocycles. The summed E-state index contributed by atoms with van der Waals surface area (Å²) < 4.78 is 41.7. The first-order chi connectivity index (χ1) is 17.2. The molecule has 1 N–H and O–H groups in total. The molecule has 0 unspecified atom stereocenters. The third-order valence-corrected chi connectivity index (χ3v) is 7.63. The van der Waals surface area contributed by atoms with Crippen molar-refractivity contribution in [3.8, 4) is 0 Å². The lowest BCUT2D eigenvalue weighted by atomic mass is 10.1. The highest BCUT2D eigenvalue weighted by Gasteiger charge is 2.33. The molecular formula is C26H27ClFN3O4S. The molecule has 3 aromatic carbocycles. The highest BCUT2D eigenvalue weighted by atomic mass is 35.5. The van der Waals surface area contributed by atoms with Crippen LogP contribution in [0, 0.1) is 5.82 Å². The van der Waals surface area contributed by atoms with Crippen molar-refractivity contribution in [2.45, 2.75) is 30.8 Å². The number of likely N-dealkylation sites (N-methyl/N-ethyl adjacent to an activating group) is 1. The van der Waals surface area contributed by atoms with Crippen molar-refractivity contribution >= 4 is 39.1 Å². The predicted octanol–water partition coefficient (Wildman–Crippen LogP) is 4.23. The molecule has 0 spiro atoms. The normalized spacial score (nSPS) is 12.0. The summed E-state index contributed by atoms with van der Waals surface area (Å²) in [5.41, 5.74) is 0.793. The van der Waals surface area contributed by atoms with Gasteiger partial charge in [-0.3, -0.25) is 13.9 Å². The molecule has 0 radical (unpaired) electrons. The van der Waals surface area contributed by atoms with Crippen LogP contribution in [0.3, 0.4) is 0 Å². The van der Waals surface area contributed by atoms with E-state index in [0.29, 0.717) is 10.6 Å². The van der Waals surface area contributed by atoms with Crippen LogP contribution in [0.1, 0.15) is 18.9 Å². The van der Waals surface area contributed by atoms with E-state index in [1.807, 2.05) is 0 Å². The minimum Gasteiger partial charge on any atom is -0.357 e. The van der Waals surface area contributed by atoms with Gasteiger partial charge in [0.1, 0.15) is 18.4 Å². The van der Waals surface area contributed by atoms with Gasteiger partial charge in [-0.2, -0.15) is 0 Å². The van der Waals surface area contributed by atoms with Gasteiger partial charge in [-0.15, -0.1) is 0 Å². The highest BCUT2D eigenvalue weighted by molar-refractivity contribution is 7.92. The van der Waals surface area contributed by atoms with Crippen LogP contribution in [0.5, 0.6) is 0 Å². The van der Waals surface area contributed by atoms with Gasteiger partial charge < -0.3 is 10.2 Å². The second kappa shape index (κ2) is 12.0. The molecular weight excluding hydrogens is 505 g/mol. The van der Waals surface area contributed by atoms with Crippen molar-refractivity contribution in [3.63, 3.8) is 0 Å². The molecule has 0 bridgehead atoms. The number of halogens is 2. The number of hydrogen-bond donors (Lipinski definition) is 1. The molecule has 190 valence electrons. The fourth-order valence-corrected chi connectivity index (χ4v) is 5.36. The van der Waals surface area contributed by atoms with Gasteiger partial charge >= 0.3 is 0 Å². The topological polar surface area (TPSA) is 86.8 Å². The lowest BCUT2D eigenvalue weighted by Crippen LogP contribution is -2.51. The minimum atomic E-state index is -4.16. The number of nitrogens with zero attached hydrogens (tertiary/aromatic N) is 2. The molecule has 3 aromatic rings. The van der Waals surface area contributed by atoms with Gasteiger partial charge in [0.2, 0.25) is 11.8 Å². The average molecular weight is 532 g/mol. The monoisotopic (exact) mass is 531 g/mol. The van der Waals surface area contributed by atoms with Gasteiger partial charge in [0.05, 0.1) is 10.6 Å². The Balaban J connectivity index is 2.04. The molecule has 7 nitrogen and oxygen atoms in total. The molecule has 0 aliphatic carbocycles. The summed E-state index contributed by atoms with van der Waals surface area (Å²) in [6.07, 6.45) is 0.287. The van der Waals surface area contributed by atoms with E-state index >= 15 is 0 Å². The maximum absolute atomic E-state index is 13.7. The van der Waals surface area contributed by atoms with Crippen LogP contribution in [-0.4, -0.2) is 44.8 Å². The lowest BCUT2D eigenvalue weighted by molar-refractivity contribution is -0.140. The maximum atomic E-state index is 13.7. The Morgan fingerprint density at radius 2 is 1.67 bits per heavy atom. The zero-order valence-electron chi connectivity index (χ0n) is 19.9. The summed E-state index contributed by atoms with van der Waals surface area (Å²) in [6, 6.07) is 18.6. The summed E-state index contributed by atoms with van der Waals surface area (Å²) in [4.78, 5) is 27.7. The molecule has 10 heteroatoms.